The third-order valence-electron chi connectivity index (χ3n) is 4.05. The second-order valence-corrected chi connectivity index (χ2v) is 7.07. The average molecular weight is 386 g/mol. The van der Waals surface area contributed by atoms with Crippen LogP contribution in [0.25, 0.3) is 5.69 Å². The maximum absolute atomic E-state index is 12.5. The van der Waals surface area contributed by atoms with E-state index in [2.05, 4.69) is 15.3 Å². The summed E-state index contributed by atoms with van der Waals surface area (Å²) in [7, 11) is 5.28. The summed E-state index contributed by atoms with van der Waals surface area (Å²) in [6.45, 7) is 2.41. The lowest BCUT2D eigenvalue weighted by atomic mass is 10.3. The van der Waals surface area contributed by atoms with Crippen LogP contribution in [0.5, 0.6) is 5.75 Å². The van der Waals surface area contributed by atoms with E-state index in [9.17, 15) is 4.79 Å². The predicted molar refractivity (Wildman–Crippen MR) is 103 cm³/mol. The predicted octanol–water partition coefficient (Wildman–Crippen LogP) is 2.07. The zero-order valence-corrected chi connectivity index (χ0v) is 16.6. The highest BCUT2D eigenvalue weighted by Crippen LogP contribution is 2.23. The van der Waals surface area contributed by atoms with Crippen LogP contribution in [0.4, 0.5) is 0 Å². The molecule has 142 valence electrons. The van der Waals surface area contributed by atoms with Gasteiger partial charge >= 0.3 is 0 Å². The Bertz CT molecular complexity index is 918. The first-order valence-electron chi connectivity index (χ1n) is 8.38. The first-order chi connectivity index (χ1) is 13.0. The molecule has 2 heterocycles. The summed E-state index contributed by atoms with van der Waals surface area (Å²) in [6, 6.07) is 7.65. The van der Waals surface area contributed by atoms with Crippen molar-refractivity contribution in [3.05, 3.63) is 48.0 Å². The highest BCUT2D eigenvalue weighted by atomic mass is 32.2. The number of methoxy groups -OCH3 is 1. The molecule has 0 bridgehead atoms. The molecule has 9 heteroatoms. The highest BCUT2D eigenvalue weighted by molar-refractivity contribution is 7.99. The van der Waals surface area contributed by atoms with E-state index in [-0.39, 0.29) is 11.7 Å². The number of carbonyl (C=O) groups excluding carboxylic acids is 1. The number of aryl methyl sites for hydroxylation is 2. The summed E-state index contributed by atoms with van der Waals surface area (Å²) in [6.07, 6.45) is 3.67. The van der Waals surface area contributed by atoms with Gasteiger partial charge < -0.3 is 9.64 Å². The molecule has 0 N–H and O–H groups in total. The van der Waals surface area contributed by atoms with Gasteiger partial charge in [-0.05, 0) is 31.2 Å². The number of rotatable bonds is 7. The van der Waals surface area contributed by atoms with Gasteiger partial charge in [-0.25, -0.2) is 0 Å². The van der Waals surface area contributed by atoms with Crippen molar-refractivity contribution in [2.45, 2.75) is 18.6 Å². The second-order valence-electron chi connectivity index (χ2n) is 6.12. The van der Waals surface area contributed by atoms with Crippen molar-refractivity contribution in [2.24, 2.45) is 7.05 Å². The van der Waals surface area contributed by atoms with Crippen LogP contribution in [0.2, 0.25) is 0 Å². The van der Waals surface area contributed by atoms with E-state index in [1.165, 1.54) is 11.8 Å². The molecule has 8 nitrogen and oxygen atoms in total. The second kappa shape index (κ2) is 8.26. The van der Waals surface area contributed by atoms with E-state index in [1.807, 2.05) is 49.0 Å². The molecule has 0 aliphatic heterocycles. The number of aromatic nitrogens is 5. The number of nitrogens with zero attached hydrogens (tertiary/aromatic N) is 6. The number of thioether (sulfide) groups is 1. The molecular formula is C18H22N6O2S. The number of hydrogen-bond acceptors (Lipinski definition) is 6. The molecule has 0 spiro atoms. The molecule has 3 rings (SSSR count). The molecule has 27 heavy (non-hydrogen) atoms. The standard InChI is InChI=1S/C18H22N6O2S/c1-13-20-21-18(24(13)15-5-7-16(26-4)8-6-15)27-12-17(25)22(2)10-14-9-19-23(3)11-14/h5-9,11H,10,12H2,1-4H3. The minimum Gasteiger partial charge on any atom is -0.497 e. The quantitative estimate of drug-likeness (QED) is 0.579. The largest absolute Gasteiger partial charge is 0.497 e. The maximum Gasteiger partial charge on any atom is 0.233 e. The van der Waals surface area contributed by atoms with Crippen LogP contribution in [-0.2, 0) is 18.4 Å². The van der Waals surface area contributed by atoms with Crippen LogP contribution in [0.1, 0.15) is 11.4 Å². The minimum absolute atomic E-state index is 0.0192. The first-order valence-corrected chi connectivity index (χ1v) is 9.37. The Balaban J connectivity index is 1.66. The highest BCUT2D eigenvalue weighted by Gasteiger charge is 2.16. The third kappa shape index (κ3) is 4.48. The number of amides is 1. The van der Waals surface area contributed by atoms with Gasteiger partial charge in [-0.3, -0.25) is 14.0 Å². The van der Waals surface area contributed by atoms with Crippen molar-refractivity contribution in [3.63, 3.8) is 0 Å². The van der Waals surface area contributed by atoms with Crippen LogP contribution in [0, 0.1) is 6.92 Å². The lowest BCUT2D eigenvalue weighted by Gasteiger charge is -2.16. The van der Waals surface area contributed by atoms with Crippen LogP contribution >= 0.6 is 11.8 Å². The molecule has 0 unspecified atom stereocenters. The van der Waals surface area contributed by atoms with Crippen LogP contribution < -0.4 is 4.74 Å². The maximum atomic E-state index is 12.5. The summed E-state index contributed by atoms with van der Waals surface area (Å²) in [5.74, 6) is 1.85. The molecule has 0 saturated heterocycles. The van der Waals surface area contributed by atoms with Crippen molar-refractivity contribution in [1.82, 2.24) is 29.4 Å². The third-order valence-corrected chi connectivity index (χ3v) is 4.97. The molecule has 2 aromatic heterocycles. The van der Waals surface area contributed by atoms with Crippen LogP contribution in [-0.4, -0.2) is 55.3 Å². The molecule has 3 aromatic rings. The van der Waals surface area contributed by atoms with Gasteiger partial charge in [0.15, 0.2) is 5.16 Å². The van der Waals surface area contributed by atoms with Gasteiger partial charge in [0.25, 0.3) is 0 Å². The zero-order chi connectivity index (χ0) is 19.4. The Labute approximate surface area is 162 Å². The molecular weight excluding hydrogens is 364 g/mol. The van der Waals surface area contributed by atoms with Crippen molar-refractivity contribution in [1.29, 1.82) is 0 Å². The van der Waals surface area contributed by atoms with E-state index in [0.29, 0.717) is 11.7 Å². The topological polar surface area (TPSA) is 78.1 Å². The Morgan fingerprint density at radius 3 is 2.63 bits per heavy atom. The van der Waals surface area contributed by atoms with Gasteiger partial charge in [0.2, 0.25) is 5.91 Å². The summed E-state index contributed by atoms with van der Waals surface area (Å²) in [5.41, 5.74) is 1.92. The van der Waals surface area contributed by atoms with Gasteiger partial charge in [0.1, 0.15) is 11.6 Å². The minimum atomic E-state index is 0.0192. The lowest BCUT2D eigenvalue weighted by molar-refractivity contribution is -0.127. The summed E-state index contributed by atoms with van der Waals surface area (Å²) in [5, 5.41) is 13.2. The Kier molecular flexibility index (Phi) is 5.80. The van der Waals surface area contributed by atoms with E-state index < -0.39 is 0 Å². The SMILES string of the molecule is COc1ccc(-n2c(C)nnc2SCC(=O)N(C)Cc2cnn(C)c2)cc1. The number of carbonyl (C=O) groups is 1. The fourth-order valence-electron chi connectivity index (χ4n) is 2.62. The number of benzene rings is 1. The van der Waals surface area contributed by atoms with E-state index in [0.717, 1.165) is 22.8 Å². The summed E-state index contributed by atoms with van der Waals surface area (Å²) >= 11 is 1.37. The summed E-state index contributed by atoms with van der Waals surface area (Å²) < 4.78 is 8.85. The first kappa shape index (κ1) is 19.0. The van der Waals surface area contributed by atoms with E-state index in [1.54, 1.807) is 29.9 Å². The Hall–Kier alpha value is -2.81. The van der Waals surface area contributed by atoms with Crippen molar-refractivity contribution in [2.75, 3.05) is 19.9 Å². The van der Waals surface area contributed by atoms with Gasteiger partial charge in [0.05, 0.1) is 19.1 Å². The molecule has 0 radical (unpaired) electrons. The van der Waals surface area contributed by atoms with Crippen LogP contribution in [0.15, 0.2) is 41.8 Å². The molecule has 0 aliphatic carbocycles. The van der Waals surface area contributed by atoms with Crippen LogP contribution in [0.3, 0.4) is 0 Å². The van der Waals surface area contributed by atoms with Gasteiger partial charge in [0, 0.05) is 38.1 Å². The molecule has 1 aromatic carbocycles. The molecule has 0 saturated carbocycles. The zero-order valence-electron chi connectivity index (χ0n) is 15.8. The van der Waals surface area contributed by atoms with Gasteiger partial charge in [-0.1, -0.05) is 11.8 Å². The van der Waals surface area contributed by atoms with Gasteiger partial charge in [-0.2, -0.15) is 5.10 Å². The van der Waals surface area contributed by atoms with E-state index in [4.69, 9.17) is 4.74 Å². The molecule has 1 amide bonds. The Morgan fingerprint density at radius 2 is 2.00 bits per heavy atom. The molecule has 0 fully saturated rings. The molecule has 0 atom stereocenters. The lowest BCUT2D eigenvalue weighted by Crippen LogP contribution is -2.27. The van der Waals surface area contributed by atoms with Crippen molar-refractivity contribution >= 4 is 17.7 Å². The average Bonchev–Trinajstić information content (AvgIpc) is 3.24. The van der Waals surface area contributed by atoms with Gasteiger partial charge in [-0.15, -0.1) is 10.2 Å². The van der Waals surface area contributed by atoms with Crippen molar-refractivity contribution < 1.29 is 9.53 Å². The van der Waals surface area contributed by atoms with E-state index >= 15 is 0 Å². The smallest absolute Gasteiger partial charge is 0.233 e. The van der Waals surface area contributed by atoms with Crippen molar-refractivity contribution in [3.8, 4) is 11.4 Å². The molecule has 0 aliphatic rings. The number of ether oxygens (including phenoxy) is 1. The fraction of sp³-hybridized carbons (Fsp3) is 0.333. The fourth-order valence-corrected chi connectivity index (χ4v) is 3.56. The Morgan fingerprint density at radius 1 is 1.26 bits per heavy atom. The normalized spacial score (nSPS) is 10.8. The number of hydrogen-bond donors (Lipinski definition) is 0. The monoisotopic (exact) mass is 386 g/mol. The summed E-state index contributed by atoms with van der Waals surface area (Å²) in [4.78, 5) is 14.2.